The molecule has 0 unspecified atom stereocenters. The van der Waals surface area contributed by atoms with Gasteiger partial charge in [-0.3, -0.25) is 4.79 Å². The Kier molecular flexibility index (Phi) is 6.31. The first-order chi connectivity index (χ1) is 13.7. The normalized spacial score (nSPS) is 11.8. The molecule has 29 heavy (non-hydrogen) atoms. The lowest BCUT2D eigenvalue weighted by Crippen LogP contribution is -2.22. The van der Waals surface area contributed by atoms with E-state index in [0.29, 0.717) is 17.1 Å². The number of benzene rings is 1. The van der Waals surface area contributed by atoms with Crippen LogP contribution in [-0.4, -0.2) is 19.5 Å². The molecule has 3 rings (SSSR count). The Balaban J connectivity index is 1.70. The fraction of sp³-hybridized carbons (Fsp3) is 0.200. The predicted molar refractivity (Wildman–Crippen MR) is 114 cm³/mol. The number of thiophene rings is 1. The van der Waals surface area contributed by atoms with Crippen LogP contribution in [0.4, 0.5) is 5.69 Å². The number of anilines is 1. The zero-order valence-corrected chi connectivity index (χ0v) is 17.9. The first-order valence-electron chi connectivity index (χ1n) is 8.81. The van der Waals surface area contributed by atoms with E-state index in [0.717, 1.165) is 27.3 Å². The van der Waals surface area contributed by atoms with Crippen LogP contribution in [0.1, 0.15) is 34.4 Å². The highest BCUT2D eigenvalue weighted by Gasteiger charge is 2.16. The predicted octanol–water partition coefficient (Wildman–Crippen LogP) is 3.96. The highest BCUT2D eigenvalue weighted by atomic mass is 32.2. The van der Waals surface area contributed by atoms with Crippen molar-refractivity contribution < 1.29 is 17.7 Å². The number of nitrogens with zero attached hydrogens (tertiary/aromatic N) is 1. The minimum atomic E-state index is -3.61. The van der Waals surface area contributed by atoms with Gasteiger partial charge in [0.05, 0.1) is 0 Å². The summed E-state index contributed by atoms with van der Waals surface area (Å²) in [6.45, 7) is 5.33. The Morgan fingerprint density at radius 1 is 1.14 bits per heavy atom. The average Bonchev–Trinajstić information content (AvgIpc) is 3.28. The summed E-state index contributed by atoms with van der Waals surface area (Å²) in [5.74, 6) is 0.170. The number of rotatable bonds is 7. The van der Waals surface area contributed by atoms with Gasteiger partial charge in [0.2, 0.25) is 15.9 Å². The molecule has 0 bridgehead atoms. The van der Waals surface area contributed by atoms with E-state index in [1.165, 1.54) is 6.92 Å². The van der Waals surface area contributed by atoms with Crippen LogP contribution < -0.4 is 10.0 Å². The number of sulfonamides is 1. The lowest BCUT2D eigenvalue weighted by atomic mass is 10.2. The molecule has 2 heterocycles. The van der Waals surface area contributed by atoms with Gasteiger partial charge in [0, 0.05) is 18.3 Å². The second-order valence-electron chi connectivity index (χ2n) is 6.49. The molecular weight excluding hydrogens is 410 g/mol. The van der Waals surface area contributed by atoms with Gasteiger partial charge in [-0.05, 0) is 43.7 Å². The highest BCUT2D eigenvalue weighted by Crippen LogP contribution is 2.26. The maximum Gasteiger partial charge on any atom is 0.250 e. The van der Waals surface area contributed by atoms with Gasteiger partial charge < -0.3 is 9.84 Å². The molecule has 0 aliphatic heterocycles. The summed E-state index contributed by atoms with van der Waals surface area (Å²) >= 11 is 1.14. The molecule has 1 aromatic carbocycles. The maximum atomic E-state index is 12.5. The summed E-state index contributed by atoms with van der Waals surface area (Å²) in [4.78, 5) is 12.0. The van der Waals surface area contributed by atoms with Crippen LogP contribution in [-0.2, 0) is 21.4 Å². The summed E-state index contributed by atoms with van der Waals surface area (Å²) in [5.41, 5.74) is 3.07. The topological polar surface area (TPSA) is 101 Å². The van der Waals surface area contributed by atoms with Crippen molar-refractivity contribution in [3.05, 3.63) is 63.9 Å². The van der Waals surface area contributed by atoms with Crippen LogP contribution in [0.25, 0.3) is 12.2 Å². The molecule has 0 radical (unpaired) electrons. The van der Waals surface area contributed by atoms with Gasteiger partial charge in [-0.25, -0.2) is 13.1 Å². The van der Waals surface area contributed by atoms with Crippen molar-refractivity contribution in [2.24, 2.45) is 0 Å². The van der Waals surface area contributed by atoms with E-state index in [-0.39, 0.29) is 16.7 Å². The van der Waals surface area contributed by atoms with Gasteiger partial charge >= 0.3 is 0 Å². The van der Waals surface area contributed by atoms with Gasteiger partial charge in [-0.1, -0.05) is 35.0 Å². The third-order valence-electron chi connectivity index (χ3n) is 4.04. The zero-order valence-electron chi connectivity index (χ0n) is 16.2. The first-order valence-corrected chi connectivity index (χ1v) is 11.1. The monoisotopic (exact) mass is 431 g/mol. The van der Waals surface area contributed by atoms with E-state index in [1.807, 2.05) is 31.2 Å². The van der Waals surface area contributed by atoms with E-state index in [1.54, 1.807) is 31.2 Å². The van der Waals surface area contributed by atoms with Crippen LogP contribution in [0.5, 0.6) is 0 Å². The summed E-state index contributed by atoms with van der Waals surface area (Å²) in [7, 11) is -3.61. The van der Waals surface area contributed by atoms with E-state index in [2.05, 4.69) is 15.2 Å². The summed E-state index contributed by atoms with van der Waals surface area (Å²) in [6.07, 6.45) is 3.36. The number of aromatic nitrogens is 1. The molecule has 3 aromatic rings. The molecule has 0 aliphatic rings. The van der Waals surface area contributed by atoms with Crippen LogP contribution in [0.3, 0.4) is 0 Å². The molecule has 0 fully saturated rings. The third-order valence-corrected chi connectivity index (χ3v) is 6.99. The largest absolute Gasteiger partial charge is 0.354 e. The van der Waals surface area contributed by atoms with E-state index in [9.17, 15) is 13.2 Å². The van der Waals surface area contributed by atoms with Crippen LogP contribution in [0.15, 0.2) is 45.1 Å². The molecule has 0 saturated heterocycles. The van der Waals surface area contributed by atoms with Crippen LogP contribution in [0.2, 0.25) is 0 Å². The summed E-state index contributed by atoms with van der Waals surface area (Å²) in [5, 5.41) is 6.52. The number of hydrogen-bond donors (Lipinski definition) is 2. The average molecular weight is 432 g/mol. The Bertz CT molecular complexity index is 1140. The van der Waals surface area contributed by atoms with Crippen molar-refractivity contribution in [2.75, 3.05) is 5.32 Å². The van der Waals surface area contributed by atoms with Crippen molar-refractivity contribution in [1.82, 2.24) is 9.88 Å². The number of carbonyl (C=O) groups excluding carboxylic acids is 1. The molecule has 0 aliphatic carbocycles. The Hall–Kier alpha value is -2.75. The van der Waals surface area contributed by atoms with E-state index >= 15 is 0 Å². The van der Waals surface area contributed by atoms with Crippen molar-refractivity contribution in [3.63, 3.8) is 0 Å². The molecule has 0 saturated carbocycles. The molecule has 0 spiro atoms. The minimum Gasteiger partial charge on any atom is -0.354 e. The van der Waals surface area contributed by atoms with Gasteiger partial charge in [0.1, 0.15) is 15.6 Å². The molecule has 9 heteroatoms. The van der Waals surface area contributed by atoms with Crippen LogP contribution >= 0.6 is 11.3 Å². The van der Waals surface area contributed by atoms with E-state index in [4.69, 9.17) is 4.52 Å². The second kappa shape index (κ2) is 8.73. The molecule has 152 valence electrons. The summed E-state index contributed by atoms with van der Waals surface area (Å²) in [6, 6.07) is 10.9. The fourth-order valence-corrected chi connectivity index (χ4v) is 4.80. The molecule has 2 N–H and O–H groups in total. The molecule has 1 amide bonds. The molecule has 0 atom stereocenters. The highest BCUT2D eigenvalue weighted by molar-refractivity contribution is 7.91. The van der Waals surface area contributed by atoms with Crippen LogP contribution in [0, 0.1) is 13.8 Å². The molecule has 2 aromatic heterocycles. The number of amides is 1. The van der Waals surface area contributed by atoms with Gasteiger partial charge in [0.15, 0.2) is 5.76 Å². The Morgan fingerprint density at radius 2 is 1.86 bits per heavy atom. The smallest absolute Gasteiger partial charge is 0.250 e. The first kappa shape index (κ1) is 21.0. The standard InChI is InChI=1S/C20H21N3O4S2/c1-13-4-6-16(7-5-13)12-21-29(25,26)19-11-9-17(28-19)8-10-18-20(22-15(3)24)14(2)23-27-18/h4-11,21H,12H2,1-3H3,(H,22,24). The third kappa shape index (κ3) is 5.41. The summed E-state index contributed by atoms with van der Waals surface area (Å²) < 4.78 is 33.1. The van der Waals surface area contributed by atoms with Crippen molar-refractivity contribution in [2.45, 2.75) is 31.5 Å². The van der Waals surface area contributed by atoms with E-state index < -0.39 is 10.0 Å². The molecular formula is C20H21N3O4S2. The fourth-order valence-electron chi connectivity index (χ4n) is 2.51. The van der Waals surface area contributed by atoms with Crippen molar-refractivity contribution in [1.29, 1.82) is 0 Å². The SMILES string of the molecule is CC(=O)Nc1c(C)noc1C=Cc1ccc(S(=O)(=O)NCc2ccc(C)cc2)s1. The number of carbonyl (C=O) groups is 1. The number of aryl methyl sites for hydroxylation is 2. The van der Waals surface area contributed by atoms with Crippen molar-refractivity contribution in [3.8, 4) is 0 Å². The quantitative estimate of drug-likeness (QED) is 0.590. The molecule has 7 nitrogen and oxygen atoms in total. The van der Waals surface area contributed by atoms with Gasteiger partial charge in [0.25, 0.3) is 0 Å². The van der Waals surface area contributed by atoms with Gasteiger partial charge in [-0.2, -0.15) is 0 Å². The minimum absolute atomic E-state index is 0.222. The van der Waals surface area contributed by atoms with Gasteiger partial charge in [-0.15, -0.1) is 11.3 Å². The van der Waals surface area contributed by atoms with Crippen molar-refractivity contribution >= 4 is 45.1 Å². The second-order valence-corrected chi connectivity index (χ2v) is 9.60. The zero-order chi connectivity index (χ0) is 21.0. The number of nitrogens with one attached hydrogen (secondary N) is 2. The lowest BCUT2D eigenvalue weighted by molar-refractivity contribution is -0.114. The maximum absolute atomic E-state index is 12.5. The Labute approximate surface area is 173 Å². The lowest BCUT2D eigenvalue weighted by Gasteiger charge is -2.05. The number of hydrogen-bond acceptors (Lipinski definition) is 6. The Morgan fingerprint density at radius 3 is 2.55 bits per heavy atom.